The first-order valence-electron chi connectivity index (χ1n) is 6.92. The highest BCUT2D eigenvalue weighted by molar-refractivity contribution is 7.80. The highest BCUT2D eigenvalue weighted by Crippen LogP contribution is 2.25. The molecule has 2 amide bonds. The molecule has 0 saturated heterocycles. The molecule has 0 saturated carbocycles. The van der Waals surface area contributed by atoms with Crippen LogP contribution in [0.3, 0.4) is 0 Å². The number of hydrogen-bond acceptors (Lipinski definition) is 7. The molecule has 7 nitrogen and oxygen atoms in total. The first-order chi connectivity index (χ1) is 11.1. The Bertz CT molecular complexity index is 629. The minimum atomic E-state index is -0.809. The monoisotopic (exact) mass is 355 g/mol. The lowest BCUT2D eigenvalue weighted by atomic mass is 10.1. The van der Waals surface area contributed by atoms with Crippen LogP contribution in [0.1, 0.15) is 21.9 Å². The van der Waals surface area contributed by atoms with E-state index in [0.717, 1.165) is 17.0 Å². The minimum absolute atomic E-state index is 0.141. The molecule has 9 heteroatoms. The second-order valence-electron chi connectivity index (χ2n) is 4.85. The first kappa shape index (κ1) is 17.5. The zero-order valence-corrected chi connectivity index (χ0v) is 14.2. The van der Waals surface area contributed by atoms with E-state index in [-0.39, 0.29) is 11.4 Å². The quantitative estimate of drug-likeness (QED) is 0.443. The van der Waals surface area contributed by atoms with Crippen molar-refractivity contribution in [3.8, 4) is 0 Å². The van der Waals surface area contributed by atoms with E-state index in [1.54, 1.807) is 10.3 Å². The summed E-state index contributed by atoms with van der Waals surface area (Å²) in [6.45, 7) is 1.19. The molecule has 1 aromatic rings. The van der Waals surface area contributed by atoms with Crippen LogP contribution < -0.4 is 5.32 Å². The largest absolute Gasteiger partial charge is 0.467 e. The van der Waals surface area contributed by atoms with Gasteiger partial charge in [-0.25, -0.2) is 9.78 Å². The summed E-state index contributed by atoms with van der Waals surface area (Å²) < 4.78 is 4.60. The van der Waals surface area contributed by atoms with Crippen LogP contribution in [0, 0.1) is 0 Å². The summed E-state index contributed by atoms with van der Waals surface area (Å²) in [7, 11) is 1.25. The van der Waals surface area contributed by atoms with E-state index in [1.807, 2.05) is 6.08 Å². The molecule has 0 radical (unpaired) electrons. The van der Waals surface area contributed by atoms with Crippen LogP contribution in [0.2, 0.25) is 0 Å². The third-order valence-electron chi connectivity index (χ3n) is 3.37. The molecule has 0 bridgehead atoms. The molecular formula is C14H17N3O4S2. The Labute approximate surface area is 143 Å². The molecule has 1 aromatic heterocycles. The average molecular weight is 355 g/mol. The van der Waals surface area contributed by atoms with Crippen LogP contribution in [0.15, 0.2) is 11.5 Å². The maximum absolute atomic E-state index is 12.1. The van der Waals surface area contributed by atoms with Gasteiger partial charge in [0.25, 0.3) is 5.91 Å². The van der Waals surface area contributed by atoms with Gasteiger partial charge in [0.15, 0.2) is 0 Å². The topological polar surface area (TPSA) is 88.6 Å². The van der Waals surface area contributed by atoms with Gasteiger partial charge in [-0.2, -0.15) is 12.6 Å². The Balaban J connectivity index is 2.04. The number of thiol groups is 1. The third kappa shape index (κ3) is 4.32. The van der Waals surface area contributed by atoms with Gasteiger partial charge >= 0.3 is 5.97 Å². The average Bonchev–Trinajstić information content (AvgIpc) is 3.09. The Kier molecular flexibility index (Phi) is 6.17. The molecule has 0 fully saturated rings. The van der Waals surface area contributed by atoms with Gasteiger partial charge in [0, 0.05) is 24.2 Å². The fraction of sp³-hybridized carbons (Fsp3) is 0.429. The van der Waals surface area contributed by atoms with Gasteiger partial charge in [-0.15, -0.1) is 11.3 Å². The molecule has 0 aliphatic carbocycles. The predicted molar refractivity (Wildman–Crippen MR) is 89.5 cm³/mol. The smallest absolute Gasteiger partial charge is 0.329 e. The zero-order chi connectivity index (χ0) is 16.8. The molecule has 0 aromatic carbocycles. The summed E-state index contributed by atoms with van der Waals surface area (Å²) in [6, 6.07) is -0.809. The molecule has 0 spiro atoms. The van der Waals surface area contributed by atoms with Crippen LogP contribution in [-0.4, -0.2) is 60.2 Å². The van der Waals surface area contributed by atoms with E-state index in [2.05, 4.69) is 27.7 Å². The summed E-state index contributed by atoms with van der Waals surface area (Å²) in [5.74, 6) is -0.849. The van der Waals surface area contributed by atoms with Crippen molar-refractivity contribution < 1.29 is 19.1 Å². The van der Waals surface area contributed by atoms with Gasteiger partial charge < -0.3 is 15.0 Å². The van der Waals surface area contributed by atoms with Gasteiger partial charge in [-0.1, -0.05) is 6.08 Å². The maximum atomic E-state index is 12.1. The molecule has 23 heavy (non-hydrogen) atoms. The lowest BCUT2D eigenvalue weighted by molar-refractivity contribution is -0.142. The van der Waals surface area contributed by atoms with Crippen LogP contribution in [0.5, 0.6) is 0 Å². The van der Waals surface area contributed by atoms with Gasteiger partial charge in [0.2, 0.25) is 6.41 Å². The molecule has 1 unspecified atom stereocenters. The predicted octanol–water partition coefficient (Wildman–Crippen LogP) is 0.590. The lowest BCUT2D eigenvalue weighted by Gasteiger charge is -2.21. The van der Waals surface area contributed by atoms with Crippen LogP contribution in [0.4, 0.5) is 0 Å². The maximum Gasteiger partial charge on any atom is 0.329 e. The van der Waals surface area contributed by atoms with Gasteiger partial charge in [-0.05, 0) is 12.0 Å². The van der Waals surface area contributed by atoms with Crippen molar-refractivity contribution >= 4 is 47.8 Å². The molecule has 124 valence electrons. The number of ether oxygens (including phenoxy) is 1. The number of nitrogens with one attached hydrogen (secondary N) is 1. The number of hydrogen-bond donors (Lipinski definition) is 2. The van der Waals surface area contributed by atoms with Gasteiger partial charge in [0.1, 0.15) is 16.7 Å². The fourth-order valence-corrected chi connectivity index (χ4v) is 3.17. The number of methoxy groups -OCH3 is 1. The Hall–Kier alpha value is -1.87. The van der Waals surface area contributed by atoms with Crippen molar-refractivity contribution in [2.75, 3.05) is 26.0 Å². The SMILES string of the molecule is COC(=O)C(CS)NC(=O)c1csc(C2=CCN(C=O)CC2)n1. The molecule has 2 heterocycles. The van der Waals surface area contributed by atoms with Crippen molar-refractivity contribution in [2.45, 2.75) is 12.5 Å². The summed E-state index contributed by atoms with van der Waals surface area (Å²) >= 11 is 5.39. The molecular weight excluding hydrogens is 338 g/mol. The number of amides is 2. The van der Waals surface area contributed by atoms with E-state index in [9.17, 15) is 14.4 Å². The Morgan fingerprint density at radius 3 is 2.96 bits per heavy atom. The summed E-state index contributed by atoms with van der Waals surface area (Å²) in [6.07, 6.45) is 3.45. The van der Waals surface area contributed by atoms with E-state index in [0.29, 0.717) is 19.5 Å². The summed E-state index contributed by atoms with van der Waals surface area (Å²) in [4.78, 5) is 40.3. The van der Waals surface area contributed by atoms with Crippen molar-refractivity contribution in [3.05, 3.63) is 22.2 Å². The lowest BCUT2D eigenvalue weighted by Crippen LogP contribution is -2.43. The van der Waals surface area contributed by atoms with Crippen molar-refractivity contribution in [1.29, 1.82) is 0 Å². The highest BCUT2D eigenvalue weighted by atomic mass is 32.1. The van der Waals surface area contributed by atoms with Crippen molar-refractivity contribution in [2.24, 2.45) is 0 Å². The van der Waals surface area contributed by atoms with Crippen LogP contribution >= 0.6 is 24.0 Å². The number of carbonyl (C=O) groups excluding carboxylic acids is 3. The van der Waals surface area contributed by atoms with Crippen molar-refractivity contribution in [1.82, 2.24) is 15.2 Å². The number of nitrogens with zero attached hydrogens (tertiary/aromatic N) is 2. The second kappa shape index (κ2) is 8.11. The summed E-state index contributed by atoms with van der Waals surface area (Å²) in [5.41, 5.74) is 1.27. The normalized spacial score (nSPS) is 15.6. The molecule has 1 atom stereocenters. The van der Waals surface area contributed by atoms with Gasteiger partial charge in [0.05, 0.1) is 7.11 Å². The minimum Gasteiger partial charge on any atom is -0.467 e. The summed E-state index contributed by atoms with van der Waals surface area (Å²) in [5, 5.41) is 4.94. The van der Waals surface area contributed by atoms with E-state index >= 15 is 0 Å². The third-order valence-corrected chi connectivity index (χ3v) is 4.66. The standard InChI is InChI=1S/C14H17N3O4S2/c1-21-14(20)10(6-22)15-12(19)11-7-23-13(16-11)9-2-4-17(8-18)5-3-9/h2,7-8,10,22H,3-6H2,1H3,(H,15,19). The number of aromatic nitrogens is 1. The Morgan fingerprint density at radius 2 is 2.39 bits per heavy atom. The molecule has 1 aliphatic heterocycles. The van der Waals surface area contributed by atoms with Crippen LogP contribution in [-0.2, 0) is 14.3 Å². The molecule has 2 rings (SSSR count). The van der Waals surface area contributed by atoms with Gasteiger partial charge in [-0.3, -0.25) is 9.59 Å². The zero-order valence-electron chi connectivity index (χ0n) is 12.5. The Morgan fingerprint density at radius 1 is 1.61 bits per heavy atom. The molecule has 1 aliphatic rings. The highest BCUT2D eigenvalue weighted by Gasteiger charge is 2.22. The van der Waals surface area contributed by atoms with Crippen molar-refractivity contribution in [3.63, 3.8) is 0 Å². The fourth-order valence-electron chi connectivity index (χ4n) is 2.05. The molecule has 1 N–H and O–H groups in total. The number of rotatable bonds is 6. The van der Waals surface area contributed by atoms with E-state index in [4.69, 9.17) is 0 Å². The number of thiazole rings is 1. The first-order valence-corrected chi connectivity index (χ1v) is 8.44. The number of esters is 1. The number of carbonyl (C=O) groups is 3. The van der Waals surface area contributed by atoms with E-state index < -0.39 is 17.9 Å². The van der Waals surface area contributed by atoms with Crippen LogP contribution in [0.25, 0.3) is 5.57 Å². The van der Waals surface area contributed by atoms with E-state index in [1.165, 1.54) is 18.4 Å². The second-order valence-corrected chi connectivity index (χ2v) is 6.07.